The minimum absolute atomic E-state index is 0.101. The Kier molecular flexibility index (Phi) is 4.12. The van der Waals surface area contributed by atoms with E-state index in [2.05, 4.69) is 10.3 Å². The lowest BCUT2D eigenvalue weighted by Crippen LogP contribution is -2.17. The van der Waals surface area contributed by atoms with Crippen LogP contribution in [-0.4, -0.2) is 24.5 Å². The van der Waals surface area contributed by atoms with E-state index in [-0.39, 0.29) is 11.4 Å². The van der Waals surface area contributed by atoms with Gasteiger partial charge in [-0.05, 0) is 30.5 Å². The molecule has 1 heterocycles. The summed E-state index contributed by atoms with van der Waals surface area (Å²) in [6.45, 7) is 2.17. The normalized spacial score (nSPS) is 12.3. The second-order valence-electron chi connectivity index (χ2n) is 5.98. The van der Waals surface area contributed by atoms with Gasteiger partial charge in [0.25, 0.3) is 0 Å². The third kappa shape index (κ3) is 2.83. The zero-order valence-electron chi connectivity index (χ0n) is 14.9. The Labute approximate surface area is 155 Å². The van der Waals surface area contributed by atoms with Crippen LogP contribution in [-0.2, 0) is 0 Å². The lowest BCUT2D eigenvalue weighted by molar-refractivity contribution is -0.385. The molecule has 0 spiro atoms. The number of aliphatic imine (C=N–C) groups is 1. The fourth-order valence-corrected chi connectivity index (χ4v) is 3.26. The molecule has 3 aromatic carbocycles. The highest BCUT2D eigenvalue weighted by Crippen LogP contribution is 2.41. The average Bonchev–Trinajstić information content (AvgIpc) is 2.68. The zero-order chi connectivity index (χ0) is 19.0. The van der Waals surface area contributed by atoms with Crippen LogP contribution in [0.25, 0.3) is 10.8 Å². The van der Waals surface area contributed by atoms with Gasteiger partial charge in [0.15, 0.2) is 5.75 Å². The van der Waals surface area contributed by atoms with Gasteiger partial charge in [-0.15, -0.1) is 0 Å². The van der Waals surface area contributed by atoms with Gasteiger partial charge < -0.3 is 14.8 Å². The minimum Gasteiger partial charge on any atom is -0.490 e. The molecule has 7 heteroatoms. The van der Waals surface area contributed by atoms with Crippen molar-refractivity contribution in [3.63, 3.8) is 0 Å². The van der Waals surface area contributed by atoms with Crippen molar-refractivity contribution in [2.24, 2.45) is 4.99 Å². The van der Waals surface area contributed by atoms with Crippen molar-refractivity contribution >= 4 is 33.7 Å². The Balaban J connectivity index is 1.90. The molecule has 1 aliphatic rings. The average molecular weight is 363 g/mol. The number of ether oxygens (including phenoxy) is 2. The summed E-state index contributed by atoms with van der Waals surface area (Å²) in [7, 11) is 1.39. The maximum Gasteiger partial charge on any atom is 0.315 e. The molecule has 0 atom stereocenters. The van der Waals surface area contributed by atoms with Crippen LogP contribution < -0.4 is 14.8 Å². The molecule has 27 heavy (non-hydrogen) atoms. The number of nitro groups is 1. The van der Waals surface area contributed by atoms with Gasteiger partial charge in [0.05, 0.1) is 24.3 Å². The molecule has 4 rings (SSSR count). The molecule has 136 valence electrons. The molecule has 0 bridgehead atoms. The third-order valence-corrected chi connectivity index (χ3v) is 4.38. The molecule has 3 aromatic rings. The van der Waals surface area contributed by atoms with Gasteiger partial charge in [-0.2, -0.15) is 0 Å². The molecule has 0 aliphatic carbocycles. The third-order valence-electron chi connectivity index (χ3n) is 4.38. The molecule has 7 nitrogen and oxygen atoms in total. The van der Waals surface area contributed by atoms with Gasteiger partial charge in [0.1, 0.15) is 5.84 Å². The van der Waals surface area contributed by atoms with Crippen LogP contribution >= 0.6 is 0 Å². The van der Waals surface area contributed by atoms with Gasteiger partial charge in [0.2, 0.25) is 5.75 Å². The molecule has 0 fully saturated rings. The molecule has 0 aromatic heterocycles. The Morgan fingerprint density at radius 1 is 1.19 bits per heavy atom. The van der Waals surface area contributed by atoms with Gasteiger partial charge in [-0.25, -0.2) is 4.99 Å². The number of methoxy groups -OCH3 is 1. The van der Waals surface area contributed by atoms with Gasteiger partial charge in [0, 0.05) is 22.7 Å². The van der Waals surface area contributed by atoms with Crippen LogP contribution in [0.5, 0.6) is 11.5 Å². The monoisotopic (exact) mass is 363 g/mol. The number of amidine groups is 1. The van der Waals surface area contributed by atoms with Crippen LogP contribution in [0.3, 0.4) is 0 Å². The SMILES string of the molecule is CCOc1cc(C2=Nc3cccc4cccc(c34)N2)cc([N+](=O)[O-])c1OC. The second-order valence-corrected chi connectivity index (χ2v) is 5.98. The first-order valence-electron chi connectivity index (χ1n) is 8.49. The first-order valence-corrected chi connectivity index (χ1v) is 8.49. The highest BCUT2D eigenvalue weighted by atomic mass is 16.6. The molecule has 1 N–H and O–H groups in total. The van der Waals surface area contributed by atoms with E-state index in [9.17, 15) is 10.1 Å². The molecule has 0 saturated carbocycles. The van der Waals surface area contributed by atoms with Crippen molar-refractivity contribution in [1.29, 1.82) is 0 Å². The summed E-state index contributed by atoms with van der Waals surface area (Å²) in [6, 6.07) is 15.0. The van der Waals surface area contributed by atoms with Crippen molar-refractivity contribution in [3.8, 4) is 11.5 Å². The lowest BCUT2D eigenvalue weighted by Gasteiger charge is -2.20. The summed E-state index contributed by atoms with van der Waals surface area (Å²) in [5.41, 5.74) is 2.11. The molecular weight excluding hydrogens is 346 g/mol. The number of hydrogen-bond acceptors (Lipinski definition) is 6. The number of nitrogens with one attached hydrogen (secondary N) is 1. The number of anilines is 1. The van der Waals surface area contributed by atoms with Crippen LogP contribution in [0.4, 0.5) is 17.1 Å². The highest BCUT2D eigenvalue weighted by molar-refractivity contribution is 6.19. The fourth-order valence-electron chi connectivity index (χ4n) is 3.26. The van der Waals surface area contributed by atoms with Gasteiger partial charge in [-0.1, -0.05) is 24.3 Å². The fraction of sp³-hybridized carbons (Fsp3) is 0.150. The summed E-state index contributed by atoms with van der Waals surface area (Å²) in [4.78, 5) is 15.7. The van der Waals surface area contributed by atoms with Crippen molar-refractivity contribution in [3.05, 3.63) is 64.2 Å². The van der Waals surface area contributed by atoms with E-state index < -0.39 is 4.92 Å². The molecule has 0 radical (unpaired) electrons. The topological polar surface area (TPSA) is 86.0 Å². The van der Waals surface area contributed by atoms with Gasteiger partial charge >= 0.3 is 5.69 Å². The van der Waals surface area contributed by atoms with Crippen LogP contribution in [0.2, 0.25) is 0 Å². The van der Waals surface area contributed by atoms with Crippen LogP contribution in [0, 0.1) is 10.1 Å². The molecule has 0 unspecified atom stereocenters. The van der Waals surface area contributed by atoms with Crippen LogP contribution in [0.1, 0.15) is 12.5 Å². The van der Waals surface area contributed by atoms with E-state index in [1.165, 1.54) is 13.2 Å². The maximum absolute atomic E-state index is 11.5. The zero-order valence-corrected chi connectivity index (χ0v) is 14.9. The lowest BCUT2D eigenvalue weighted by atomic mass is 10.0. The van der Waals surface area contributed by atoms with E-state index >= 15 is 0 Å². The molecule has 0 saturated heterocycles. The predicted octanol–water partition coefficient (Wildman–Crippen LogP) is 4.66. The molecule has 0 amide bonds. The summed E-state index contributed by atoms with van der Waals surface area (Å²) < 4.78 is 10.8. The summed E-state index contributed by atoms with van der Waals surface area (Å²) in [6.07, 6.45) is 0. The Bertz CT molecular complexity index is 1090. The summed E-state index contributed by atoms with van der Waals surface area (Å²) in [5.74, 6) is 0.934. The highest BCUT2D eigenvalue weighted by Gasteiger charge is 2.25. The quantitative estimate of drug-likeness (QED) is 0.526. The maximum atomic E-state index is 11.5. The smallest absolute Gasteiger partial charge is 0.315 e. The summed E-state index contributed by atoms with van der Waals surface area (Å²) in [5, 5.41) is 16.9. The van der Waals surface area contributed by atoms with Gasteiger partial charge in [-0.3, -0.25) is 10.1 Å². The molecule has 1 aliphatic heterocycles. The Morgan fingerprint density at radius 3 is 2.67 bits per heavy atom. The number of benzene rings is 3. The summed E-state index contributed by atoms with van der Waals surface area (Å²) >= 11 is 0. The van der Waals surface area contributed by atoms with E-state index in [1.54, 1.807) is 6.07 Å². The Hall–Kier alpha value is -3.61. The van der Waals surface area contributed by atoms with Crippen molar-refractivity contribution < 1.29 is 14.4 Å². The standard InChI is InChI=1S/C20H17N3O4/c1-3-27-17-11-13(10-16(23(24)25)19(17)26-2)20-21-14-8-4-6-12-7-5-9-15(22-20)18(12)14/h4-11H,3H2,1-2H3,(H,21,22). The number of hydrogen-bond donors (Lipinski definition) is 1. The van der Waals surface area contributed by atoms with E-state index in [0.29, 0.717) is 23.8 Å². The minimum atomic E-state index is -0.483. The number of rotatable bonds is 5. The first kappa shape index (κ1) is 16.8. The largest absolute Gasteiger partial charge is 0.490 e. The first-order chi connectivity index (χ1) is 13.1. The van der Waals surface area contributed by atoms with E-state index in [0.717, 1.165) is 22.1 Å². The number of nitrogens with zero attached hydrogens (tertiary/aromatic N) is 2. The van der Waals surface area contributed by atoms with Crippen molar-refractivity contribution in [2.45, 2.75) is 6.92 Å². The number of nitro benzene ring substituents is 1. The van der Waals surface area contributed by atoms with Crippen LogP contribution in [0.15, 0.2) is 53.5 Å². The second kappa shape index (κ2) is 6.60. The van der Waals surface area contributed by atoms with E-state index in [4.69, 9.17) is 9.47 Å². The van der Waals surface area contributed by atoms with Crippen molar-refractivity contribution in [2.75, 3.05) is 19.0 Å². The predicted molar refractivity (Wildman–Crippen MR) is 105 cm³/mol. The van der Waals surface area contributed by atoms with E-state index in [1.807, 2.05) is 43.3 Å². The molecular formula is C20H17N3O4. The Morgan fingerprint density at radius 2 is 1.96 bits per heavy atom. The van der Waals surface area contributed by atoms with Crippen molar-refractivity contribution in [1.82, 2.24) is 0 Å².